The van der Waals surface area contributed by atoms with Crippen molar-refractivity contribution in [2.75, 3.05) is 6.61 Å². The zero-order valence-corrected chi connectivity index (χ0v) is 7.63. The van der Waals surface area contributed by atoms with E-state index in [-0.39, 0.29) is 5.96 Å². The Hall–Kier alpha value is -2.04. The van der Waals surface area contributed by atoms with Gasteiger partial charge in [-0.15, -0.1) is 5.10 Å². The van der Waals surface area contributed by atoms with Crippen molar-refractivity contribution in [2.24, 2.45) is 21.7 Å². The second-order valence-electron chi connectivity index (χ2n) is 2.45. The SMILES string of the molecule is NC(N)=N/N=C/COc1ccccc1. The third-order valence-electron chi connectivity index (χ3n) is 1.32. The van der Waals surface area contributed by atoms with Crippen LogP contribution in [0.5, 0.6) is 5.75 Å². The summed E-state index contributed by atoms with van der Waals surface area (Å²) in [5, 5.41) is 6.99. The predicted molar refractivity (Wildman–Crippen MR) is 56.2 cm³/mol. The standard InChI is InChI=1S/C9H12N4O/c10-9(11)13-12-6-7-14-8-4-2-1-3-5-8/h1-6H,7H2,(H4,10,11,13)/b12-6+. The molecule has 0 bridgehead atoms. The highest BCUT2D eigenvalue weighted by Gasteiger charge is 1.86. The number of ether oxygens (including phenoxy) is 1. The summed E-state index contributed by atoms with van der Waals surface area (Å²) in [5.74, 6) is 0.713. The van der Waals surface area contributed by atoms with Gasteiger partial charge in [0.15, 0.2) is 0 Å². The molecule has 0 aliphatic rings. The molecule has 0 radical (unpaired) electrons. The largest absolute Gasteiger partial charge is 0.488 e. The quantitative estimate of drug-likeness (QED) is 0.409. The lowest BCUT2D eigenvalue weighted by Crippen LogP contribution is -2.21. The first-order chi connectivity index (χ1) is 6.79. The van der Waals surface area contributed by atoms with Crippen molar-refractivity contribution in [2.45, 2.75) is 0 Å². The number of nitrogens with two attached hydrogens (primary N) is 2. The Bertz CT molecular complexity index is 317. The summed E-state index contributed by atoms with van der Waals surface area (Å²) in [6, 6.07) is 9.41. The molecule has 1 aromatic carbocycles. The Morgan fingerprint density at radius 1 is 1.29 bits per heavy atom. The number of hydrogen-bond donors (Lipinski definition) is 2. The number of rotatable bonds is 4. The van der Waals surface area contributed by atoms with Crippen molar-refractivity contribution in [3.05, 3.63) is 30.3 Å². The summed E-state index contributed by atoms with van der Waals surface area (Å²) < 4.78 is 5.29. The van der Waals surface area contributed by atoms with E-state index >= 15 is 0 Å². The van der Waals surface area contributed by atoms with E-state index < -0.39 is 0 Å². The van der Waals surface area contributed by atoms with E-state index in [1.54, 1.807) is 0 Å². The molecule has 0 saturated carbocycles. The Balaban J connectivity index is 2.29. The van der Waals surface area contributed by atoms with E-state index in [4.69, 9.17) is 16.2 Å². The fourth-order valence-corrected chi connectivity index (χ4v) is 0.791. The van der Waals surface area contributed by atoms with Gasteiger partial charge in [-0.2, -0.15) is 5.10 Å². The van der Waals surface area contributed by atoms with Crippen molar-refractivity contribution in [3.63, 3.8) is 0 Å². The van der Waals surface area contributed by atoms with Crippen LogP contribution in [0.1, 0.15) is 0 Å². The molecular formula is C9H12N4O. The van der Waals surface area contributed by atoms with E-state index in [0.29, 0.717) is 6.61 Å². The van der Waals surface area contributed by atoms with Crippen LogP contribution in [0.3, 0.4) is 0 Å². The molecule has 14 heavy (non-hydrogen) atoms. The maximum Gasteiger partial charge on any atom is 0.211 e. The van der Waals surface area contributed by atoms with E-state index in [1.165, 1.54) is 6.21 Å². The lowest BCUT2D eigenvalue weighted by molar-refractivity contribution is 0.380. The molecule has 5 heteroatoms. The third kappa shape index (κ3) is 4.10. The van der Waals surface area contributed by atoms with Gasteiger partial charge >= 0.3 is 0 Å². The van der Waals surface area contributed by atoms with Crippen LogP contribution < -0.4 is 16.2 Å². The monoisotopic (exact) mass is 192 g/mol. The summed E-state index contributed by atoms with van der Waals surface area (Å²) in [5.41, 5.74) is 10.1. The molecule has 0 unspecified atom stereocenters. The number of para-hydroxylation sites is 1. The molecular weight excluding hydrogens is 180 g/mol. The zero-order chi connectivity index (χ0) is 10.2. The van der Waals surface area contributed by atoms with Gasteiger partial charge < -0.3 is 16.2 Å². The second-order valence-corrected chi connectivity index (χ2v) is 2.45. The van der Waals surface area contributed by atoms with Crippen molar-refractivity contribution >= 4 is 12.2 Å². The van der Waals surface area contributed by atoms with E-state index in [9.17, 15) is 0 Å². The first-order valence-electron chi connectivity index (χ1n) is 4.07. The molecule has 74 valence electrons. The smallest absolute Gasteiger partial charge is 0.211 e. The zero-order valence-electron chi connectivity index (χ0n) is 7.63. The first kappa shape index (κ1) is 10.0. The van der Waals surface area contributed by atoms with Crippen LogP contribution in [0.2, 0.25) is 0 Å². The van der Waals surface area contributed by atoms with Crippen LogP contribution in [0.15, 0.2) is 40.5 Å². The second kappa shape index (κ2) is 5.58. The third-order valence-corrected chi connectivity index (χ3v) is 1.32. The highest BCUT2D eigenvalue weighted by Crippen LogP contribution is 2.06. The molecule has 0 heterocycles. The Kier molecular flexibility index (Phi) is 4.00. The molecule has 0 fully saturated rings. The molecule has 0 amide bonds. The Labute approximate surface area is 82.1 Å². The summed E-state index contributed by atoms with van der Waals surface area (Å²) >= 11 is 0. The highest BCUT2D eigenvalue weighted by molar-refractivity contribution is 5.76. The Morgan fingerprint density at radius 2 is 2.00 bits per heavy atom. The van der Waals surface area contributed by atoms with Crippen LogP contribution in [0.4, 0.5) is 0 Å². The molecule has 1 aromatic rings. The van der Waals surface area contributed by atoms with Gasteiger partial charge in [0.2, 0.25) is 5.96 Å². The van der Waals surface area contributed by atoms with Crippen LogP contribution in [0, 0.1) is 0 Å². The topological polar surface area (TPSA) is 86.0 Å². The van der Waals surface area contributed by atoms with Crippen molar-refractivity contribution in [3.8, 4) is 5.75 Å². The number of guanidine groups is 1. The maximum atomic E-state index is 5.29. The van der Waals surface area contributed by atoms with Crippen LogP contribution >= 0.6 is 0 Å². The minimum Gasteiger partial charge on any atom is -0.488 e. The fourth-order valence-electron chi connectivity index (χ4n) is 0.791. The molecule has 0 aliphatic carbocycles. The fraction of sp³-hybridized carbons (Fsp3) is 0.111. The lowest BCUT2D eigenvalue weighted by atomic mass is 10.3. The van der Waals surface area contributed by atoms with Crippen molar-refractivity contribution < 1.29 is 4.74 Å². The van der Waals surface area contributed by atoms with Crippen LogP contribution in [-0.4, -0.2) is 18.8 Å². The van der Waals surface area contributed by atoms with E-state index in [0.717, 1.165) is 5.75 Å². The van der Waals surface area contributed by atoms with Crippen molar-refractivity contribution in [1.82, 2.24) is 0 Å². The Morgan fingerprint density at radius 3 is 2.64 bits per heavy atom. The summed E-state index contributed by atoms with van der Waals surface area (Å²) in [4.78, 5) is 0. The van der Waals surface area contributed by atoms with E-state index in [2.05, 4.69) is 10.2 Å². The number of nitrogens with zero attached hydrogens (tertiary/aromatic N) is 2. The van der Waals surface area contributed by atoms with Crippen LogP contribution in [0.25, 0.3) is 0 Å². The highest BCUT2D eigenvalue weighted by atomic mass is 16.5. The van der Waals surface area contributed by atoms with Gasteiger partial charge in [-0.05, 0) is 12.1 Å². The van der Waals surface area contributed by atoms with Crippen LogP contribution in [-0.2, 0) is 0 Å². The van der Waals surface area contributed by atoms with Gasteiger partial charge in [0, 0.05) is 0 Å². The minimum absolute atomic E-state index is 0.0686. The molecule has 0 spiro atoms. The summed E-state index contributed by atoms with van der Waals surface area (Å²) in [6.45, 7) is 0.334. The molecule has 5 nitrogen and oxygen atoms in total. The normalized spacial score (nSPS) is 10.0. The van der Waals surface area contributed by atoms with Gasteiger partial charge in [0.1, 0.15) is 12.4 Å². The molecule has 4 N–H and O–H groups in total. The lowest BCUT2D eigenvalue weighted by Gasteiger charge is -1.99. The summed E-state index contributed by atoms with van der Waals surface area (Å²) in [7, 11) is 0. The van der Waals surface area contributed by atoms with E-state index in [1.807, 2.05) is 30.3 Å². The average molecular weight is 192 g/mol. The number of benzene rings is 1. The van der Waals surface area contributed by atoms with Gasteiger partial charge in [-0.3, -0.25) is 0 Å². The molecule has 0 atom stereocenters. The van der Waals surface area contributed by atoms with Gasteiger partial charge in [-0.25, -0.2) is 0 Å². The molecule has 0 aliphatic heterocycles. The average Bonchev–Trinajstić information content (AvgIpc) is 2.18. The van der Waals surface area contributed by atoms with Gasteiger partial charge in [0.25, 0.3) is 0 Å². The molecule has 1 rings (SSSR count). The van der Waals surface area contributed by atoms with Gasteiger partial charge in [0.05, 0.1) is 6.21 Å². The molecule has 0 aromatic heterocycles. The minimum atomic E-state index is -0.0686. The maximum absolute atomic E-state index is 5.29. The predicted octanol–water partition coefficient (Wildman–Crippen LogP) is 0.325. The summed E-state index contributed by atoms with van der Waals surface area (Å²) in [6.07, 6.45) is 1.48. The number of hydrogen-bond acceptors (Lipinski definition) is 3. The first-order valence-corrected chi connectivity index (χ1v) is 4.07. The van der Waals surface area contributed by atoms with Gasteiger partial charge in [-0.1, -0.05) is 18.2 Å². The van der Waals surface area contributed by atoms with Crippen molar-refractivity contribution in [1.29, 1.82) is 0 Å². The molecule has 0 saturated heterocycles.